The van der Waals surface area contributed by atoms with Crippen LogP contribution in [0.25, 0.3) is 11.3 Å². The molecule has 0 amide bonds. The van der Waals surface area contributed by atoms with Crippen LogP contribution in [-0.4, -0.2) is 34.0 Å². The second-order valence-electron chi connectivity index (χ2n) is 7.03. The van der Waals surface area contributed by atoms with E-state index in [0.29, 0.717) is 17.7 Å². The molecule has 27 heavy (non-hydrogen) atoms. The van der Waals surface area contributed by atoms with Gasteiger partial charge in [-0.1, -0.05) is 60.7 Å². The first kappa shape index (κ1) is 17.5. The number of benzene rings is 2. The minimum Gasteiger partial charge on any atom is -0.353 e. The van der Waals surface area contributed by atoms with Crippen LogP contribution in [0.1, 0.15) is 18.4 Å². The first-order chi connectivity index (χ1) is 13.3. The first-order valence-electron chi connectivity index (χ1n) is 9.46. The Labute approximate surface area is 159 Å². The molecule has 1 aliphatic rings. The fraction of sp³-hybridized carbons (Fsp3) is 0.273. The van der Waals surface area contributed by atoms with Crippen LogP contribution >= 0.6 is 0 Å². The summed E-state index contributed by atoms with van der Waals surface area (Å²) in [4.78, 5) is 21.9. The maximum atomic E-state index is 12.0. The summed E-state index contributed by atoms with van der Waals surface area (Å²) >= 11 is 0. The molecule has 2 heterocycles. The highest BCUT2D eigenvalue weighted by atomic mass is 16.1. The molecule has 2 aromatic carbocycles. The maximum Gasteiger partial charge on any atom is 0.252 e. The average Bonchev–Trinajstić information content (AvgIpc) is 2.71. The summed E-state index contributed by atoms with van der Waals surface area (Å²) in [5, 5.41) is 3.42. The van der Waals surface area contributed by atoms with Crippen molar-refractivity contribution in [3.63, 3.8) is 0 Å². The number of aromatic nitrogens is 2. The van der Waals surface area contributed by atoms with Crippen LogP contribution in [0.15, 0.2) is 71.5 Å². The van der Waals surface area contributed by atoms with Crippen molar-refractivity contribution in [2.75, 3.05) is 18.4 Å². The van der Waals surface area contributed by atoms with Gasteiger partial charge in [0.1, 0.15) is 0 Å². The van der Waals surface area contributed by atoms with Gasteiger partial charge in [-0.2, -0.15) is 0 Å². The molecule has 0 spiro atoms. The van der Waals surface area contributed by atoms with E-state index in [1.807, 2.05) is 30.3 Å². The summed E-state index contributed by atoms with van der Waals surface area (Å²) in [5.74, 6) is 0.558. The molecule has 0 unspecified atom stereocenters. The van der Waals surface area contributed by atoms with E-state index in [0.717, 1.165) is 38.0 Å². The van der Waals surface area contributed by atoms with Gasteiger partial charge < -0.3 is 5.32 Å². The minimum absolute atomic E-state index is 0.132. The van der Waals surface area contributed by atoms with Crippen molar-refractivity contribution in [2.24, 2.45) is 0 Å². The predicted octanol–water partition coefficient (Wildman–Crippen LogP) is 3.51. The second-order valence-corrected chi connectivity index (χ2v) is 7.03. The SMILES string of the molecule is O=c1cc(-c2ccccc2)nc(NC2CCN(Cc3ccccc3)CC2)[nH]1. The number of hydrogen-bond donors (Lipinski definition) is 2. The number of H-pyrrole nitrogens is 1. The molecule has 1 saturated heterocycles. The Bertz CT molecular complexity index is 916. The molecule has 0 atom stereocenters. The highest BCUT2D eigenvalue weighted by Crippen LogP contribution is 2.19. The Balaban J connectivity index is 1.38. The average molecular weight is 360 g/mol. The van der Waals surface area contributed by atoms with Gasteiger partial charge >= 0.3 is 0 Å². The highest BCUT2D eigenvalue weighted by molar-refractivity contribution is 5.59. The smallest absolute Gasteiger partial charge is 0.252 e. The molecule has 1 fully saturated rings. The largest absolute Gasteiger partial charge is 0.353 e. The molecule has 0 bridgehead atoms. The lowest BCUT2D eigenvalue weighted by Crippen LogP contribution is -2.39. The van der Waals surface area contributed by atoms with E-state index in [1.54, 1.807) is 6.07 Å². The van der Waals surface area contributed by atoms with E-state index in [1.165, 1.54) is 5.56 Å². The zero-order valence-corrected chi connectivity index (χ0v) is 15.3. The molecule has 0 radical (unpaired) electrons. The topological polar surface area (TPSA) is 61.0 Å². The van der Waals surface area contributed by atoms with Crippen LogP contribution in [-0.2, 0) is 6.54 Å². The van der Waals surface area contributed by atoms with Gasteiger partial charge in [0.15, 0.2) is 0 Å². The summed E-state index contributed by atoms with van der Waals surface area (Å²) in [6, 6.07) is 22.2. The van der Waals surface area contributed by atoms with Crippen molar-refractivity contribution in [2.45, 2.75) is 25.4 Å². The van der Waals surface area contributed by atoms with E-state index in [9.17, 15) is 4.79 Å². The van der Waals surface area contributed by atoms with Crippen LogP contribution < -0.4 is 10.9 Å². The van der Waals surface area contributed by atoms with Gasteiger partial charge in [-0.25, -0.2) is 4.98 Å². The summed E-state index contributed by atoms with van der Waals surface area (Å²) < 4.78 is 0. The number of hydrogen-bond acceptors (Lipinski definition) is 4. The number of likely N-dealkylation sites (tertiary alicyclic amines) is 1. The Morgan fingerprint density at radius 3 is 2.37 bits per heavy atom. The normalized spacial score (nSPS) is 15.6. The van der Waals surface area contributed by atoms with Crippen LogP contribution in [0.4, 0.5) is 5.95 Å². The maximum absolute atomic E-state index is 12.0. The Kier molecular flexibility index (Phi) is 5.30. The number of piperidine rings is 1. The van der Waals surface area contributed by atoms with Crippen molar-refractivity contribution in [3.05, 3.63) is 82.6 Å². The summed E-state index contributed by atoms with van der Waals surface area (Å²) in [7, 11) is 0. The molecule has 4 rings (SSSR count). The molecule has 2 N–H and O–H groups in total. The summed E-state index contributed by atoms with van der Waals surface area (Å²) in [6.07, 6.45) is 2.07. The molecular formula is C22H24N4O. The lowest BCUT2D eigenvalue weighted by Gasteiger charge is -2.32. The lowest BCUT2D eigenvalue weighted by molar-refractivity contribution is 0.211. The summed E-state index contributed by atoms with van der Waals surface area (Å²) in [5.41, 5.74) is 2.87. The van der Waals surface area contributed by atoms with Gasteiger partial charge in [0.05, 0.1) is 5.69 Å². The van der Waals surface area contributed by atoms with Gasteiger partial charge in [-0.05, 0) is 18.4 Å². The van der Waals surface area contributed by atoms with Crippen molar-refractivity contribution < 1.29 is 0 Å². The zero-order valence-electron chi connectivity index (χ0n) is 15.3. The van der Waals surface area contributed by atoms with Crippen molar-refractivity contribution in [1.29, 1.82) is 0 Å². The van der Waals surface area contributed by atoms with Crippen molar-refractivity contribution in [1.82, 2.24) is 14.9 Å². The predicted molar refractivity (Wildman–Crippen MR) is 109 cm³/mol. The fourth-order valence-corrected chi connectivity index (χ4v) is 3.55. The third-order valence-corrected chi connectivity index (χ3v) is 4.99. The number of nitrogens with one attached hydrogen (secondary N) is 2. The molecule has 1 aliphatic heterocycles. The van der Waals surface area contributed by atoms with Gasteiger partial charge in [0, 0.05) is 37.3 Å². The monoisotopic (exact) mass is 360 g/mol. The fourth-order valence-electron chi connectivity index (χ4n) is 3.55. The van der Waals surface area contributed by atoms with E-state index in [2.05, 4.69) is 50.5 Å². The van der Waals surface area contributed by atoms with Gasteiger partial charge in [0.2, 0.25) is 5.95 Å². The van der Waals surface area contributed by atoms with Crippen LogP contribution in [0.2, 0.25) is 0 Å². The summed E-state index contributed by atoms with van der Waals surface area (Å²) in [6.45, 7) is 3.07. The van der Waals surface area contributed by atoms with Crippen LogP contribution in [0.3, 0.4) is 0 Å². The Hall–Kier alpha value is -2.92. The molecule has 5 heteroatoms. The van der Waals surface area contributed by atoms with Gasteiger partial charge in [0.25, 0.3) is 5.56 Å². The lowest BCUT2D eigenvalue weighted by atomic mass is 10.0. The van der Waals surface area contributed by atoms with Crippen LogP contribution in [0, 0.1) is 0 Å². The molecule has 5 nitrogen and oxygen atoms in total. The number of aromatic amines is 1. The minimum atomic E-state index is -0.132. The molecular weight excluding hydrogens is 336 g/mol. The second kappa shape index (κ2) is 8.18. The number of nitrogens with zero attached hydrogens (tertiary/aromatic N) is 2. The number of rotatable bonds is 5. The third-order valence-electron chi connectivity index (χ3n) is 4.99. The first-order valence-corrected chi connectivity index (χ1v) is 9.46. The van der Waals surface area contributed by atoms with Crippen LogP contribution in [0.5, 0.6) is 0 Å². The molecule has 1 aromatic heterocycles. The Morgan fingerprint density at radius 2 is 1.67 bits per heavy atom. The quantitative estimate of drug-likeness (QED) is 0.731. The van der Waals surface area contributed by atoms with E-state index in [4.69, 9.17) is 0 Å². The van der Waals surface area contributed by atoms with Crippen molar-refractivity contribution in [3.8, 4) is 11.3 Å². The van der Waals surface area contributed by atoms with Gasteiger partial charge in [-0.15, -0.1) is 0 Å². The third kappa shape index (κ3) is 4.63. The zero-order chi connectivity index (χ0) is 18.5. The molecule has 138 valence electrons. The van der Waals surface area contributed by atoms with E-state index < -0.39 is 0 Å². The Morgan fingerprint density at radius 1 is 1.00 bits per heavy atom. The van der Waals surface area contributed by atoms with Crippen molar-refractivity contribution >= 4 is 5.95 Å². The molecule has 0 saturated carbocycles. The highest BCUT2D eigenvalue weighted by Gasteiger charge is 2.20. The van der Waals surface area contributed by atoms with E-state index in [-0.39, 0.29) is 5.56 Å². The number of anilines is 1. The van der Waals surface area contributed by atoms with Gasteiger partial charge in [-0.3, -0.25) is 14.7 Å². The molecule has 3 aromatic rings. The molecule has 0 aliphatic carbocycles. The van der Waals surface area contributed by atoms with E-state index >= 15 is 0 Å². The standard InChI is InChI=1S/C22H24N4O/c27-21-15-20(18-9-5-2-6-10-18)24-22(25-21)23-19-11-13-26(14-12-19)16-17-7-3-1-4-8-17/h1-10,15,19H,11-14,16H2,(H2,23,24,25,27).